The molecule has 0 unspecified atom stereocenters. The van der Waals surface area contributed by atoms with Crippen LogP contribution < -0.4 is 4.72 Å². The van der Waals surface area contributed by atoms with E-state index in [0.717, 1.165) is 40.3 Å². The van der Waals surface area contributed by atoms with Crippen LogP contribution in [0.5, 0.6) is 0 Å². The third kappa shape index (κ3) is 6.73. The lowest BCUT2D eigenvalue weighted by Gasteiger charge is -2.30. The van der Waals surface area contributed by atoms with Crippen LogP contribution in [0.15, 0.2) is 66.6 Å². The summed E-state index contributed by atoms with van der Waals surface area (Å²) in [6.45, 7) is 1.75. The van der Waals surface area contributed by atoms with Crippen LogP contribution >= 0.6 is 0 Å². The average Bonchev–Trinajstić information content (AvgIpc) is 3.07. The lowest BCUT2D eigenvalue weighted by Crippen LogP contribution is -2.58. The van der Waals surface area contributed by atoms with Crippen molar-refractivity contribution in [3.05, 3.63) is 36.4 Å². The molecular formula is C27H29N9O10S2. The first kappa shape index (κ1) is 35.6. The Hall–Kier alpha value is -5.28. The van der Waals surface area contributed by atoms with Crippen LogP contribution in [0.3, 0.4) is 0 Å². The molecule has 2 aliphatic heterocycles. The maximum absolute atomic E-state index is 13.4. The van der Waals surface area contributed by atoms with E-state index in [2.05, 4.69) is 25.2 Å². The molecular weight excluding hydrogens is 674 g/mol. The number of likely N-dealkylation sites (N-methyl/N-ethyl adjacent to an activating group) is 4. The number of hydrogen-bond donors (Lipinski definition) is 2. The van der Waals surface area contributed by atoms with Crippen LogP contribution in [0.2, 0.25) is 0 Å². The highest BCUT2D eigenvalue weighted by Gasteiger charge is 2.44. The Morgan fingerprint density at radius 2 is 1.10 bits per heavy atom. The number of urea groups is 2. The molecule has 2 aromatic rings. The summed E-state index contributed by atoms with van der Waals surface area (Å²) in [6, 6.07) is 2.07. The smallest absolute Gasteiger partial charge is 0.271 e. The first-order valence-electron chi connectivity index (χ1n) is 13.9. The Labute approximate surface area is 275 Å². The predicted molar refractivity (Wildman–Crippen MR) is 164 cm³/mol. The molecule has 1 N–H and O–H groups in total. The lowest BCUT2D eigenvalue weighted by molar-refractivity contribution is -0.144. The Kier molecular flexibility index (Phi) is 10.3. The van der Waals surface area contributed by atoms with Crippen molar-refractivity contribution in [2.45, 2.75) is 35.2 Å². The molecule has 254 valence electrons. The molecule has 4 rings (SSSR count). The SMILES string of the molecule is CCCNS(=O)(=O)c1cc(N=NC2C(=O)N(C)C(=O)N(C)C2=O)ccc1-c1ccc(N=NC2C(=O)N(C)C(=O)N(C)C2=O)cc1[SH](=O)=O. The van der Waals surface area contributed by atoms with Gasteiger partial charge in [0.15, 0.2) is 10.7 Å². The molecule has 19 nitrogen and oxygen atoms in total. The largest absolute Gasteiger partial charge is 0.333 e. The number of nitrogens with zero attached hydrogens (tertiary/aromatic N) is 8. The van der Waals surface area contributed by atoms with Crippen molar-refractivity contribution in [3.8, 4) is 11.1 Å². The Morgan fingerprint density at radius 3 is 1.52 bits per heavy atom. The van der Waals surface area contributed by atoms with Crippen LogP contribution in [-0.2, 0) is 39.9 Å². The summed E-state index contributed by atoms with van der Waals surface area (Å²) in [5, 5.41) is 15.2. The van der Waals surface area contributed by atoms with E-state index in [1.54, 1.807) is 6.92 Å². The number of barbiturate groups is 2. The van der Waals surface area contributed by atoms with Gasteiger partial charge in [0, 0.05) is 45.9 Å². The standard InChI is InChI=1S/C27H29N9O10S2/c1-6-11-28-48(45,46)19-13-15(30-32-21-24(39)35(4)27(42)36(5)25(21)40)8-10-17(19)16-9-7-14(12-18(16)47(43)44)29-31-20-22(37)33(2)26(41)34(3)23(20)38/h7-10,12-13,20-21,28,47H,6,11H2,1-5H3. The molecule has 2 aromatic carbocycles. The van der Waals surface area contributed by atoms with Crippen LogP contribution in [0.1, 0.15) is 13.3 Å². The van der Waals surface area contributed by atoms with Gasteiger partial charge < -0.3 is 0 Å². The Balaban J connectivity index is 1.77. The second kappa shape index (κ2) is 13.8. The van der Waals surface area contributed by atoms with E-state index in [1.807, 2.05) is 0 Å². The second-order valence-corrected chi connectivity index (χ2v) is 13.2. The third-order valence-corrected chi connectivity index (χ3v) is 9.51. The first-order chi connectivity index (χ1) is 22.5. The third-order valence-electron chi connectivity index (χ3n) is 7.25. The summed E-state index contributed by atoms with van der Waals surface area (Å²) in [4.78, 5) is 75.9. The van der Waals surface area contributed by atoms with Gasteiger partial charge in [-0.1, -0.05) is 19.1 Å². The fourth-order valence-corrected chi connectivity index (χ4v) is 6.51. The van der Waals surface area contributed by atoms with E-state index in [4.69, 9.17) is 0 Å². The zero-order chi connectivity index (χ0) is 35.7. The highest BCUT2D eigenvalue weighted by molar-refractivity contribution is 7.89. The highest BCUT2D eigenvalue weighted by Crippen LogP contribution is 2.36. The van der Waals surface area contributed by atoms with E-state index in [0.29, 0.717) is 26.0 Å². The number of carbonyl (C=O) groups is 6. The van der Waals surface area contributed by atoms with Gasteiger partial charge in [-0.25, -0.2) is 31.1 Å². The average molecular weight is 704 g/mol. The minimum Gasteiger partial charge on any atom is -0.271 e. The summed E-state index contributed by atoms with van der Waals surface area (Å²) >= 11 is 0. The van der Waals surface area contributed by atoms with Crippen LogP contribution in [0.25, 0.3) is 11.1 Å². The van der Waals surface area contributed by atoms with Gasteiger partial charge in [-0.3, -0.25) is 38.8 Å². The predicted octanol–water partition coefficient (Wildman–Crippen LogP) is 1.02. The van der Waals surface area contributed by atoms with Crippen LogP contribution in [-0.4, -0.2) is 119 Å². The van der Waals surface area contributed by atoms with Gasteiger partial charge in [0.25, 0.3) is 23.6 Å². The maximum atomic E-state index is 13.4. The molecule has 2 heterocycles. The molecule has 2 saturated heterocycles. The second-order valence-electron chi connectivity index (χ2n) is 10.4. The summed E-state index contributed by atoms with van der Waals surface area (Å²) in [6.07, 6.45) is 0.419. The number of carbonyl (C=O) groups excluding carboxylic acids is 6. The van der Waals surface area contributed by atoms with Crippen molar-refractivity contribution in [1.82, 2.24) is 24.3 Å². The van der Waals surface area contributed by atoms with Gasteiger partial charge in [0.05, 0.1) is 21.2 Å². The number of nitrogens with one attached hydrogen (secondary N) is 1. The minimum absolute atomic E-state index is 0.0296. The Bertz CT molecular complexity index is 1940. The van der Waals surface area contributed by atoms with Crippen molar-refractivity contribution in [2.24, 2.45) is 20.5 Å². The minimum atomic E-state index is -4.32. The number of sulfonamides is 1. The van der Waals surface area contributed by atoms with Crippen LogP contribution in [0.4, 0.5) is 21.0 Å². The van der Waals surface area contributed by atoms with Gasteiger partial charge in [0.1, 0.15) is 0 Å². The maximum Gasteiger partial charge on any atom is 0.333 e. The molecule has 0 saturated carbocycles. The van der Waals surface area contributed by atoms with Gasteiger partial charge >= 0.3 is 12.1 Å². The number of amides is 8. The van der Waals surface area contributed by atoms with Crippen molar-refractivity contribution in [2.75, 3.05) is 34.7 Å². The number of thiol groups is 1. The normalized spacial score (nSPS) is 17.4. The fourth-order valence-electron chi connectivity index (χ4n) is 4.51. The quantitative estimate of drug-likeness (QED) is 0.202. The monoisotopic (exact) mass is 703 g/mol. The summed E-state index contributed by atoms with van der Waals surface area (Å²) < 4.78 is 54.0. The Morgan fingerprint density at radius 1 is 0.688 bits per heavy atom. The number of benzene rings is 2. The van der Waals surface area contributed by atoms with E-state index in [-0.39, 0.29) is 33.9 Å². The number of azo groups is 2. The molecule has 0 aliphatic carbocycles. The van der Waals surface area contributed by atoms with Crippen LogP contribution in [0, 0.1) is 0 Å². The van der Waals surface area contributed by atoms with Crippen molar-refractivity contribution >= 4 is 67.8 Å². The molecule has 0 radical (unpaired) electrons. The molecule has 0 atom stereocenters. The van der Waals surface area contributed by atoms with Crippen molar-refractivity contribution < 1.29 is 45.6 Å². The van der Waals surface area contributed by atoms with Crippen molar-refractivity contribution in [1.29, 1.82) is 0 Å². The molecule has 2 fully saturated rings. The van der Waals surface area contributed by atoms with Crippen molar-refractivity contribution in [3.63, 3.8) is 0 Å². The number of rotatable bonds is 10. The molecule has 8 amide bonds. The first-order valence-corrected chi connectivity index (χ1v) is 16.6. The summed E-state index contributed by atoms with van der Waals surface area (Å²) in [5.74, 6) is -3.75. The molecule has 0 spiro atoms. The lowest BCUT2D eigenvalue weighted by atomic mass is 10.0. The van der Waals surface area contributed by atoms with Gasteiger partial charge in [-0.2, -0.15) is 20.5 Å². The zero-order valence-electron chi connectivity index (χ0n) is 26.0. The van der Waals surface area contributed by atoms with E-state index in [1.165, 1.54) is 24.3 Å². The highest BCUT2D eigenvalue weighted by atomic mass is 32.2. The summed E-state index contributed by atoms with van der Waals surface area (Å²) in [7, 11) is -3.06. The molecule has 48 heavy (non-hydrogen) atoms. The fraction of sp³-hybridized carbons (Fsp3) is 0.333. The molecule has 0 aromatic heterocycles. The van der Waals surface area contributed by atoms with Gasteiger partial charge in [-0.15, -0.1) is 0 Å². The molecule has 0 bridgehead atoms. The van der Waals surface area contributed by atoms with Gasteiger partial charge in [0.2, 0.25) is 22.1 Å². The summed E-state index contributed by atoms with van der Waals surface area (Å²) in [5.41, 5.74) is -0.374. The topological polar surface area (TPSA) is 245 Å². The zero-order valence-corrected chi connectivity index (χ0v) is 27.8. The van der Waals surface area contributed by atoms with Gasteiger partial charge in [-0.05, 0) is 30.7 Å². The molecule has 21 heteroatoms. The number of hydrogen-bond acceptors (Lipinski definition) is 14. The van der Waals surface area contributed by atoms with E-state index in [9.17, 15) is 45.6 Å². The van der Waals surface area contributed by atoms with E-state index >= 15 is 0 Å². The van der Waals surface area contributed by atoms with E-state index < -0.39 is 73.4 Å². The number of imide groups is 4. The molecule has 2 aliphatic rings.